The summed E-state index contributed by atoms with van der Waals surface area (Å²) in [6.45, 7) is 0. The van der Waals surface area contributed by atoms with E-state index in [-0.39, 0.29) is 10.7 Å². The average Bonchev–Trinajstić information content (AvgIpc) is 3.25. The molecule has 24 heavy (non-hydrogen) atoms. The topological polar surface area (TPSA) is 92.0 Å². The van der Waals surface area contributed by atoms with Gasteiger partial charge >= 0.3 is 0 Å². The predicted octanol–water partition coefficient (Wildman–Crippen LogP) is 1.24. The highest BCUT2D eigenvalue weighted by molar-refractivity contribution is 5.54. The molecule has 0 fully saturated rings. The first kappa shape index (κ1) is 15.4. The molecule has 0 radical (unpaired) electrons. The van der Waals surface area contributed by atoms with Gasteiger partial charge in [-0.3, -0.25) is 9.59 Å². The maximum absolute atomic E-state index is 12.0. The van der Waals surface area contributed by atoms with E-state index in [0.29, 0.717) is 11.5 Å². The van der Waals surface area contributed by atoms with Crippen molar-refractivity contribution in [3.8, 4) is 0 Å². The van der Waals surface area contributed by atoms with Gasteiger partial charge in [0, 0.05) is 0 Å². The first-order valence-electron chi connectivity index (χ1n) is 7.19. The Balaban J connectivity index is 1.89. The van der Waals surface area contributed by atoms with E-state index in [9.17, 15) is 9.59 Å². The van der Waals surface area contributed by atoms with Gasteiger partial charge in [0.1, 0.15) is 22.2 Å². The van der Waals surface area contributed by atoms with Gasteiger partial charge < -0.3 is 18.8 Å². The summed E-state index contributed by atoms with van der Waals surface area (Å²) in [5.74, 6) is 1.30. The van der Waals surface area contributed by atoms with Crippen LogP contribution in [0.25, 0.3) is 24.3 Å². The molecule has 6 nitrogen and oxygen atoms in total. The summed E-state index contributed by atoms with van der Waals surface area (Å²) >= 11 is 0. The number of hydrogen-bond donors (Lipinski definition) is 2. The minimum Gasteiger partial charge on any atom is -0.465 e. The maximum Gasteiger partial charge on any atom is 0.272 e. The van der Waals surface area contributed by atoms with Crippen molar-refractivity contribution in [3.05, 3.63) is 91.9 Å². The van der Waals surface area contributed by atoms with Gasteiger partial charge in [-0.05, 0) is 48.6 Å². The molecule has 3 aromatic heterocycles. The van der Waals surface area contributed by atoms with Crippen LogP contribution in [-0.2, 0) is 0 Å². The van der Waals surface area contributed by atoms with Gasteiger partial charge in [-0.1, -0.05) is 12.2 Å². The Morgan fingerprint density at radius 3 is 1.58 bits per heavy atom. The zero-order valence-electron chi connectivity index (χ0n) is 12.6. The fourth-order valence-electron chi connectivity index (χ4n) is 1.98. The maximum atomic E-state index is 12.0. The van der Waals surface area contributed by atoms with Crippen LogP contribution in [0.2, 0.25) is 0 Å². The highest BCUT2D eigenvalue weighted by Gasteiger charge is 1.93. The van der Waals surface area contributed by atoms with Crippen LogP contribution in [-0.4, -0.2) is 9.97 Å². The van der Waals surface area contributed by atoms with Crippen molar-refractivity contribution in [2.24, 2.45) is 0 Å². The molecule has 3 rings (SSSR count). The van der Waals surface area contributed by atoms with Crippen molar-refractivity contribution in [3.63, 3.8) is 0 Å². The second-order valence-corrected chi connectivity index (χ2v) is 4.82. The number of allylic oxidation sites excluding steroid dienone is 2. The highest BCUT2D eigenvalue weighted by Crippen LogP contribution is 2.02. The molecule has 0 aliphatic carbocycles. The van der Waals surface area contributed by atoms with Gasteiger partial charge in [0.25, 0.3) is 11.1 Å². The quantitative estimate of drug-likeness (QED) is 0.756. The van der Waals surface area contributed by atoms with Crippen LogP contribution in [0.5, 0.6) is 0 Å². The molecule has 120 valence electrons. The van der Waals surface area contributed by atoms with Crippen molar-refractivity contribution >= 4 is 24.3 Å². The Morgan fingerprint density at radius 2 is 1.21 bits per heavy atom. The summed E-state index contributed by atoms with van der Waals surface area (Å²) in [6.07, 6.45) is 12.7. The monoisotopic (exact) mass is 322 g/mol. The third-order valence-electron chi connectivity index (χ3n) is 3.12. The Kier molecular flexibility index (Phi) is 4.57. The molecular weight excluding hydrogens is 308 g/mol. The van der Waals surface area contributed by atoms with Crippen LogP contribution in [0.15, 0.2) is 67.4 Å². The number of H-pyrrole nitrogens is 2. The standard InChI is InChI=1S/C18H14N2O4/c21-17-15(9-1-5-13-7-3-11-23-13)19-18(22)16(20-17)10-2-6-14-8-4-12-24-14/h1-12H,(H,19,22)(H,20,21)/b5-1+,6-2+,15-9+,16-10+. The molecular formula is C18H14N2O4. The number of aromatic nitrogens is 2. The van der Waals surface area contributed by atoms with Crippen molar-refractivity contribution in [2.75, 3.05) is 0 Å². The minimum absolute atomic E-state index is 0.162. The second kappa shape index (κ2) is 7.15. The molecule has 0 bridgehead atoms. The highest BCUT2D eigenvalue weighted by atomic mass is 16.3. The molecule has 0 unspecified atom stereocenters. The molecule has 2 N–H and O–H groups in total. The summed E-state index contributed by atoms with van der Waals surface area (Å²) < 4.78 is 10.3. The third kappa shape index (κ3) is 3.80. The summed E-state index contributed by atoms with van der Waals surface area (Å²) in [7, 11) is 0. The number of furan rings is 2. The largest absolute Gasteiger partial charge is 0.465 e. The number of aromatic amines is 2. The second-order valence-electron chi connectivity index (χ2n) is 4.82. The SMILES string of the molecule is O=c1[nH]/c(=C/C=C/c2ccco2)c(=O)[nH]/c1=C/C=C/c1ccco1. The molecule has 3 heterocycles. The van der Waals surface area contributed by atoms with E-state index in [1.54, 1.807) is 61.1 Å². The Morgan fingerprint density at radius 1 is 0.750 bits per heavy atom. The summed E-state index contributed by atoms with van der Waals surface area (Å²) in [5, 5.41) is 0.324. The molecule has 0 amide bonds. The smallest absolute Gasteiger partial charge is 0.272 e. The molecule has 0 saturated heterocycles. The van der Waals surface area contributed by atoms with E-state index >= 15 is 0 Å². The van der Waals surface area contributed by atoms with Gasteiger partial charge in [0.05, 0.1) is 12.5 Å². The molecule has 0 aliphatic rings. The molecule has 6 heteroatoms. The summed E-state index contributed by atoms with van der Waals surface area (Å²) in [5.41, 5.74) is -0.785. The Bertz CT molecular complexity index is 989. The van der Waals surface area contributed by atoms with E-state index in [0.717, 1.165) is 0 Å². The third-order valence-corrected chi connectivity index (χ3v) is 3.12. The Labute approximate surface area is 135 Å². The lowest BCUT2D eigenvalue weighted by Gasteiger charge is -1.88. The average molecular weight is 322 g/mol. The first-order chi connectivity index (χ1) is 11.7. The Hall–Kier alpha value is -3.54. The van der Waals surface area contributed by atoms with E-state index < -0.39 is 11.1 Å². The number of hydrogen-bond acceptors (Lipinski definition) is 4. The van der Waals surface area contributed by atoms with Crippen molar-refractivity contribution < 1.29 is 8.83 Å². The number of nitrogens with one attached hydrogen (secondary N) is 2. The first-order valence-corrected chi connectivity index (χ1v) is 7.19. The lowest BCUT2D eigenvalue weighted by molar-refractivity contribution is 0.557. The fraction of sp³-hybridized carbons (Fsp3) is 0. The van der Waals surface area contributed by atoms with Crippen LogP contribution < -0.4 is 21.8 Å². The molecule has 3 aromatic rings. The van der Waals surface area contributed by atoms with Crippen LogP contribution >= 0.6 is 0 Å². The lowest BCUT2D eigenvalue weighted by Crippen LogP contribution is -2.46. The molecule has 0 saturated carbocycles. The van der Waals surface area contributed by atoms with Crippen LogP contribution in [0, 0.1) is 0 Å². The van der Waals surface area contributed by atoms with Crippen LogP contribution in [0.4, 0.5) is 0 Å². The fourth-order valence-corrected chi connectivity index (χ4v) is 1.98. The van der Waals surface area contributed by atoms with Crippen LogP contribution in [0.1, 0.15) is 11.5 Å². The molecule has 0 spiro atoms. The van der Waals surface area contributed by atoms with Gasteiger partial charge in [0.15, 0.2) is 0 Å². The minimum atomic E-state index is -0.392. The van der Waals surface area contributed by atoms with E-state index in [2.05, 4.69) is 9.97 Å². The van der Waals surface area contributed by atoms with Crippen LogP contribution in [0.3, 0.4) is 0 Å². The summed E-state index contributed by atoms with van der Waals surface area (Å²) in [4.78, 5) is 29.1. The van der Waals surface area contributed by atoms with Gasteiger partial charge in [0.2, 0.25) is 0 Å². The van der Waals surface area contributed by atoms with Gasteiger partial charge in [-0.15, -0.1) is 0 Å². The zero-order valence-corrected chi connectivity index (χ0v) is 12.6. The predicted molar refractivity (Wildman–Crippen MR) is 91.3 cm³/mol. The zero-order chi connectivity index (χ0) is 16.8. The summed E-state index contributed by atoms with van der Waals surface area (Å²) in [6, 6.07) is 7.08. The van der Waals surface area contributed by atoms with Crippen molar-refractivity contribution in [1.29, 1.82) is 0 Å². The van der Waals surface area contributed by atoms with Gasteiger partial charge in [-0.2, -0.15) is 0 Å². The molecule has 0 aliphatic heterocycles. The van der Waals surface area contributed by atoms with Crippen molar-refractivity contribution in [2.45, 2.75) is 0 Å². The van der Waals surface area contributed by atoms with E-state index in [1.807, 2.05) is 0 Å². The molecule has 0 atom stereocenters. The van der Waals surface area contributed by atoms with Crippen molar-refractivity contribution in [1.82, 2.24) is 9.97 Å². The van der Waals surface area contributed by atoms with Gasteiger partial charge in [-0.25, -0.2) is 0 Å². The normalized spacial score (nSPS) is 13.5. The van der Waals surface area contributed by atoms with E-state index in [1.165, 1.54) is 12.2 Å². The van der Waals surface area contributed by atoms with E-state index in [4.69, 9.17) is 8.83 Å². The number of rotatable bonds is 4. The lowest BCUT2D eigenvalue weighted by atomic mass is 10.3. The molecule has 0 aromatic carbocycles.